The normalized spacial score (nSPS) is 19.9. The van der Waals surface area contributed by atoms with Crippen LogP contribution >= 0.6 is 0 Å². The van der Waals surface area contributed by atoms with E-state index in [0.717, 1.165) is 36.3 Å². The molecule has 24 heavy (non-hydrogen) atoms. The predicted octanol–water partition coefficient (Wildman–Crippen LogP) is 3.00. The Morgan fingerprint density at radius 1 is 1.46 bits per heavy atom. The number of para-hydroxylation sites is 1. The van der Waals surface area contributed by atoms with Crippen LogP contribution in [0.3, 0.4) is 0 Å². The molecule has 5 heteroatoms. The molecule has 0 saturated heterocycles. The first kappa shape index (κ1) is 16.6. The van der Waals surface area contributed by atoms with Crippen molar-refractivity contribution in [2.75, 3.05) is 20.2 Å². The molecule has 1 heterocycles. The maximum Gasteiger partial charge on any atom is 0.226 e. The van der Waals surface area contributed by atoms with Gasteiger partial charge < -0.3 is 14.5 Å². The van der Waals surface area contributed by atoms with Crippen LogP contribution < -0.4 is 4.74 Å². The van der Waals surface area contributed by atoms with Crippen molar-refractivity contribution >= 4 is 11.6 Å². The molecule has 0 spiro atoms. The van der Waals surface area contributed by atoms with Crippen LogP contribution in [0.1, 0.15) is 31.2 Å². The average molecular weight is 328 g/mol. The van der Waals surface area contributed by atoms with E-state index in [1.54, 1.807) is 13.2 Å². The number of hydrogen-bond donors (Lipinski definition) is 0. The lowest BCUT2D eigenvalue weighted by Crippen LogP contribution is -2.43. The second-order valence-corrected chi connectivity index (χ2v) is 6.33. The lowest BCUT2D eigenvalue weighted by atomic mass is 9.84. The fourth-order valence-corrected chi connectivity index (χ4v) is 3.14. The van der Waals surface area contributed by atoms with E-state index in [1.165, 1.54) is 0 Å². The maximum absolute atomic E-state index is 12.5. The first-order chi connectivity index (χ1) is 11.7. The van der Waals surface area contributed by atoms with Gasteiger partial charge in [0.1, 0.15) is 5.75 Å². The van der Waals surface area contributed by atoms with Gasteiger partial charge in [-0.3, -0.25) is 4.79 Å². The number of carbonyl (C=O) groups excluding carboxylic acids is 1. The highest BCUT2D eigenvalue weighted by molar-refractivity contribution is 6.03. The van der Waals surface area contributed by atoms with Crippen molar-refractivity contribution in [3.63, 3.8) is 0 Å². The number of hydrogen-bond acceptors (Lipinski definition) is 4. The highest BCUT2D eigenvalue weighted by atomic mass is 16.6. The van der Waals surface area contributed by atoms with Crippen LogP contribution in [0.4, 0.5) is 0 Å². The number of nitrogens with zero attached hydrogens (tertiary/aromatic N) is 2. The van der Waals surface area contributed by atoms with Crippen molar-refractivity contribution in [1.29, 1.82) is 0 Å². The molecule has 128 valence electrons. The first-order valence-electron chi connectivity index (χ1n) is 8.48. The third-order valence-electron chi connectivity index (χ3n) is 4.69. The molecule has 0 bridgehead atoms. The Balaban J connectivity index is 1.63. The third kappa shape index (κ3) is 3.45. The van der Waals surface area contributed by atoms with Crippen molar-refractivity contribution in [3.8, 4) is 5.75 Å². The molecule has 1 fully saturated rings. The molecule has 0 radical (unpaired) electrons. The van der Waals surface area contributed by atoms with E-state index >= 15 is 0 Å². The van der Waals surface area contributed by atoms with Gasteiger partial charge in [0.2, 0.25) is 5.91 Å². The molecule has 1 atom stereocenters. The minimum Gasteiger partial charge on any atom is -0.496 e. The first-order valence-corrected chi connectivity index (χ1v) is 8.48. The fourth-order valence-electron chi connectivity index (χ4n) is 3.14. The predicted molar refractivity (Wildman–Crippen MR) is 93.1 cm³/mol. The van der Waals surface area contributed by atoms with E-state index in [-0.39, 0.29) is 17.9 Å². The molecule has 1 saturated carbocycles. The van der Waals surface area contributed by atoms with Crippen LogP contribution in [0.15, 0.2) is 42.1 Å². The summed E-state index contributed by atoms with van der Waals surface area (Å²) in [5.74, 6) is 1.19. The van der Waals surface area contributed by atoms with Gasteiger partial charge in [0, 0.05) is 24.4 Å². The van der Waals surface area contributed by atoms with Gasteiger partial charge in [-0.25, -0.2) is 0 Å². The summed E-state index contributed by atoms with van der Waals surface area (Å²) in [5.41, 5.74) is 1.81. The van der Waals surface area contributed by atoms with E-state index in [1.807, 2.05) is 29.2 Å². The summed E-state index contributed by atoms with van der Waals surface area (Å²) < 4.78 is 5.39. The molecule has 1 aliphatic carbocycles. The Hall–Kier alpha value is -2.30. The minimum absolute atomic E-state index is 0.117. The Bertz CT molecular complexity index is 637. The Morgan fingerprint density at radius 2 is 2.25 bits per heavy atom. The molecule has 0 unspecified atom stereocenters. The van der Waals surface area contributed by atoms with Crippen LogP contribution in [-0.2, 0) is 9.63 Å². The monoisotopic (exact) mass is 328 g/mol. The molecule has 1 aromatic rings. The van der Waals surface area contributed by atoms with Crippen LogP contribution in [0.5, 0.6) is 5.75 Å². The van der Waals surface area contributed by atoms with Gasteiger partial charge in [-0.15, -0.1) is 6.58 Å². The van der Waals surface area contributed by atoms with Crippen molar-refractivity contribution in [2.24, 2.45) is 11.1 Å². The molecular formula is C19H24N2O3. The van der Waals surface area contributed by atoms with E-state index in [2.05, 4.69) is 11.7 Å². The fraction of sp³-hybridized carbons (Fsp3) is 0.474. The number of rotatable bonds is 7. The number of ether oxygens (including phenoxy) is 1. The molecular weight excluding hydrogens is 304 g/mol. The summed E-state index contributed by atoms with van der Waals surface area (Å²) in [4.78, 5) is 20.0. The quantitative estimate of drug-likeness (QED) is 0.723. The van der Waals surface area contributed by atoms with Gasteiger partial charge >= 0.3 is 0 Å². The van der Waals surface area contributed by atoms with Gasteiger partial charge in [-0.1, -0.05) is 29.8 Å². The van der Waals surface area contributed by atoms with Gasteiger partial charge in [-0.2, -0.15) is 0 Å². The van der Waals surface area contributed by atoms with E-state index in [0.29, 0.717) is 19.5 Å². The molecule has 1 aliphatic heterocycles. The zero-order valence-corrected chi connectivity index (χ0v) is 14.1. The summed E-state index contributed by atoms with van der Waals surface area (Å²) in [7, 11) is 1.65. The zero-order valence-electron chi connectivity index (χ0n) is 14.1. The molecule has 1 aromatic carbocycles. The number of carbonyl (C=O) groups is 1. The standard InChI is InChI=1S/C19H24N2O3/c1-3-11-21(19(22)14-7-6-8-14)13-15-12-17(20-24-15)16-9-4-5-10-18(16)23-2/h3-5,9-10,14-15H,1,6-8,11-13H2,2H3/t15-/m0/s1. The molecule has 2 aliphatic rings. The van der Waals surface area contributed by atoms with Crippen LogP contribution in [-0.4, -0.2) is 42.8 Å². The third-order valence-corrected chi connectivity index (χ3v) is 4.69. The molecule has 0 N–H and O–H groups in total. The van der Waals surface area contributed by atoms with Crippen molar-refractivity contribution in [1.82, 2.24) is 4.90 Å². The van der Waals surface area contributed by atoms with Crippen LogP contribution in [0.25, 0.3) is 0 Å². The zero-order chi connectivity index (χ0) is 16.9. The SMILES string of the molecule is C=CCN(C[C@@H]1CC(c2ccccc2OC)=NO1)C(=O)C1CCC1. The van der Waals surface area contributed by atoms with Crippen molar-refractivity contribution < 1.29 is 14.4 Å². The van der Waals surface area contributed by atoms with Crippen LogP contribution in [0.2, 0.25) is 0 Å². The van der Waals surface area contributed by atoms with E-state index < -0.39 is 0 Å². The van der Waals surface area contributed by atoms with E-state index in [9.17, 15) is 4.79 Å². The highest BCUT2D eigenvalue weighted by Gasteiger charge is 2.32. The van der Waals surface area contributed by atoms with Crippen LogP contribution in [0, 0.1) is 5.92 Å². The second kappa shape index (κ2) is 7.51. The maximum atomic E-state index is 12.5. The number of benzene rings is 1. The van der Waals surface area contributed by atoms with Gasteiger partial charge in [-0.05, 0) is 25.0 Å². The largest absolute Gasteiger partial charge is 0.496 e. The summed E-state index contributed by atoms with van der Waals surface area (Å²) in [6.07, 6.45) is 5.48. The Kier molecular flexibility index (Phi) is 5.18. The summed E-state index contributed by atoms with van der Waals surface area (Å²) in [6, 6.07) is 7.77. The minimum atomic E-state index is -0.117. The molecule has 3 rings (SSSR count). The Labute approximate surface area is 142 Å². The smallest absolute Gasteiger partial charge is 0.226 e. The lowest BCUT2D eigenvalue weighted by molar-refractivity contribution is -0.139. The summed E-state index contributed by atoms with van der Waals surface area (Å²) in [5, 5.41) is 4.22. The average Bonchev–Trinajstić information content (AvgIpc) is 3.01. The van der Waals surface area contributed by atoms with Crippen molar-refractivity contribution in [3.05, 3.63) is 42.5 Å². The number of amides is 1. The van der Waals surface area contributed by atoms with Gasteiger partial charge in [0.15, 0.2) is 6.10 Å². The Morgan fingerprint density at radius 3 is 2.92 bits per heavy atom. The lowest BCUT2D eigenvalue weighted by Gasteiger charge is -2.32. The summed E-state index contributed by atoms with van der Waals surface area (Å²) >= 11 is 0. The second-order valence-electron chi connectivity index (χ2n) is 6.33. The topological polar surface area (TPSA) is 51.1 Å². The summed E-state index contributed by atoms with van der Waals surface area (Å²) in [6.45, 7) is 4.87. The molecule has 0 aromatic heterocycles. The van der Waals surface area contributed by atoms with Gasteiger partial charge in [0.05, 0.1) is 19.4 Å². The highest BCUT2D eigenvalue weighted by Crippen LogP contribution is 2.29. The molecule has 5 nitrogen and oxygen atoms in total. The van der Waals surface area contributed by atoms with Gasteiger partial charge in [0.25, 0.3) is 0 Å². The number of methoxy groups -OCH3 is 1. The molecule has 1 amide bonds. The van der Waals surface area contributed by atoms with E-state index in [4.69, 9.17) is 9.57 Å². The number of oxime groups is 1. The van der Waals surface area contributed by atoms with Crippen molar-refractivity contribution in [2.45, 2.75) is 31.8 Å².